The molecule has 0 aliphatic rings. The standard InChI is InChI=1S/C10H15N5O2.ClH/c1-13(2)4-5-15-6-11-8-7(15)9(16)12-10(17)14(8)3;/h6H,4-5H2,1-3H3,(H,12,16,17);1H. The Kier molecular flexibility index (Phi) is 4.31. The first-order chi connectivity index (χ1) is 8.00. The SMILES string of the molecule is Cn1c(=O)[nH]c(=O)c2c1ncn2CC[NH+](C)C.[Cl-]. The molecule has 2 rings (SSSR count). The van der Waals surface area contributed by atoms with Gasteiger partial charge in [0.05, 0.1) is 33.5 Å². The predicted molar refractivity (Wildman–Crippen MR) is 63.3 cm³/mol. The minimum absolute atomic E-state index is 0. The van der Waals surface area contributed by atoms with Gasteiger partial charge in [0.15, 0.2) is 11.2 Å². The van der Waals surface area contributed by atoms with Crippen molar-refractivity contribution in [3.05, 3.63) is 27.2 Å². The number of likely N-dealkylation sites (N-methyl/N-ethyl adjacent to an activating group) is 1. The van der Waals surface area contributed by atoms with Gasteiger partial charge in [0.25, 0.3) is 5.56 Å². The van der Waals surface area contributed by atoms with E-state index < -0.39 is 5.69 Å². The number of nitrogens with zero attached hydrogens (tertiary/aromatic N) is 3. The monoisotopic (exact) mass is 273 g/mol. The maximum Gasteiger partial charge on any atom is 0.329 e. The van der Waals surface area contributed by atoms with E-state index in [-0.39, 0.29) is 18.0 Å². The fourth-order valence-electron chi connectivity index (χ4n) is 1.70. The molecule has 0 amide bonds. The first-order valence-corrected chi connectivity index (χ1v) is 5.44. The second-order valence-corrected chi connectivity index (χ2v) is 4.39. The summed E-state index contributed by atoms with van der Waals surface area (Å²) in [4.78, 5) is 30.8. The third-order valence-electron chi connectivity index (χ3n) is 2.73. The Morgan fingerprint density at radius 1 is 1.39 bits per heavy atom. The van der Waals surface area contributed by atoms with Crippen molar-refractivity contribution in [1.29, 1.82) is 0 Å². The molecule has 2 heterocycles. The quantitative estimate of drug-likeness (QED) is 0.586. The topological polar surface area (TPSA) is 77.1 Å². The predicted octanol–water partition coefficient (Wildman–Crippen LogP) is -5.43. The van der Waals surface area contributed by atoms with Crippen molar-refractivity contribution in [2.75, 3.05) is 20.6 Å². The summed E-state index contributed by atoms with van der Waals surface area (Å²) in [6.07, 6.45) is 1.60. The van der Waals surface area contributed by atoms with Gasteiger partial charge in [-0.3, -0.25) is 14.3 Å². The van der Waals surface area contributed by atoms with Crippen molar-refractivity contribution in [3.8, 4) is 0 Å². The maximum absolute atomic E-state index is 11.7. The van der Waals surface area contributed by atoms with Gasteiger partial charge in [-0.05, 0) is 0 Å². The molecular weight excluding hydrogens is 258 g/mol. The highest BCUT2D eigenvalue weighted by Crippen LogP contribution is 2.03. The zero-order valence-electron chi connectivity index (χ0n) is 10.5. The summed E-state index contributed by atoms with van der Waals surface area (Å²) in [5, 5.41) is 0. The van der Waals surface area contributed by atoms with Crippen LogP contribution in [0, 0.1) is 0 Å². The van der Waals surface area contributed by atoms with Crippen LogP contribution in [0.2, 0.25) is 0 Å². The molecule has 0 fully saturated rings. The molecule has 2 aromatic heterocycles. The summed E-state index contributed by atoms with van der Waals surface area (Å²) in [5.41, 5.74) is 0.0567. The number of hydrogen-bond acceptors (Lipinski definition) is 3. The minimum atomic E-state index is -0.439. The maximum atomic E-state index is 11.7. The van der Waals surface area contributed by atoms with Gasteiger partial charge in [0, 0.05) is 7.05 Å². The summed E-state index contributed by atoms with van der Waals surface area (Å²) in [6, 6.07) is 0. The molecular formula is C10H16ClN5O2. The number of fused-ring (bicyclic) bond motifs is 1. The number of aromatic amines is 1. The van der Waals surface area contributed by atoms with Crippen molar-refractivity contribution >= 4 is 11.2 Å². The van der Waals surface area contributed by atoms with Crippen molar-refractivity contribution in [2.24, 2.45) is 7.05 Å². The van der Waals surface area contributed by atoms with E-state index in [4.69, 9.17) is 0 Å². The highest BCUT2D eigenvalue weighted by Gasteiger charge is 2.11. The van der Waals surface area contributed by atoms with E-state index >= 15 is 0 Å². The van der Waals surface area contributed by atoms with Crippen molar-refractivity contribution < 1.29 is 17.3 Å². The van der Waals surface area contributed by atoms with Crippen molar-refractivity contribution in [3.63, 3.8) is 0 Å². The van der Waals surface area contributed by atoms with E-state index in [0.29, 0.717) is 17.7 Å². The Labute approximate surface area is 109 Å². The largest absolute Gasteiger partial charge is 1.00 e. The first-order valence-electron chi connectivity index (χ1n) is 5.44. The van der Waals surface area contributed by atoms with Gasteiger partial charge in [-0.1, -0.05) is 0 Å². The lowest BCUT2D eigenvalue weighted by Crippen LogP contribution is -3.06. The van der Waals surface area contributed by atoms with Crippen LogP contribution in [-0.4, -0.2) is 39.7 Å². The van der Waals surface area contributed by atoms with Crippen LogP contribution in [0.25, 0.3) is 11.2 Å². The summed E-state index contributed by atoms with van der Waals surface area (Å²) in [6.45, 7) is 1.58. The van der Waals surface area contributed by atoms with Crippen molar-refractivity contribution in [2.45, 2.75) is 6.54 Å². The Morgan fingerprint density at radius 2 is 2.06 bits per heavy atom. The van der Waals surface area contributed by atoms with Crippen LogP contribution in [0.4, 0.5) is 0 Å². The molecule has 0 saturated heterocycles. The van der Waals surface area contributed by atoms with E-state index in [1.807, 2.05) is 14.1 Å². The number of aromatic nitrogens is 4. The normalized spacial score (nSPS) is 10.9. The van der Waals surface area contributed by atoms with Crippen LogP contribution in [0.5, 0.6) is 0 Å². The molecule has 8 heteroatoms. The molecule has 0 atom stereocenters. The number of halogens is 1. The van der Waals surface area contributed by atoms with Gasteiger partial charge in [-0.25, -0.2) is 9.78 Å². The molecule has 18 heavy (non-hydrogen) atoms. The van der Waals surface area contributed by atoms with Gasteiger partial charge < -0.3 is 21.9 Å². The number of H-pyrrole nitrogens is 1. The van der Waals surface area contributed by atoms with Crippen LogP contribution >= 0.6 is 0 Å². The third kappa shape index (κ3) is 2.46. The number of hydrogen-bond donors (Lipinski definition) is 2. The summed E-state index contributed by atoms with van der Waals surface area (Å²) < 4.78 is 3.12. The second kappa shape index (κ2) is 5.36. The Hall–Kier alpha value is -1.60. The Balaban J connectivity index is 0.00000162. The average Bonchev–Trinajstić information content (AvgIpc) is 2.67. The minimum Gasteiger partial charge on any atom is -1.00 e. The fraction of sp³-hybridized carbons (Fsp3) is 0.500. The summed E-state index contributed by atoms with van der Waals surface area (Å²) in [5.74, 6) is 0. The third-order valence-corrected chi connectivity index (χ3v) is 2.73. The van der Waals surface area contributed by atoms with Crippen LogP contribution in [0.15, 0.2) is 15.9 Å². The lowest BCUT2D eigenvalue weighted by atomic mass is 10.5. The van der Waals surface area contributed by atoms with Crippen LogP contribution < -0.4 is 28.6 Å². The molecule has 0 radical (unpaired) electrons. The molecule has 0 bridgehead atoms. The number of imidazole rings is 1. The average molecular weight is 274 g/mol. The number of nitrogens with one attached hydrogen (secondary N) is 2. The van der Waals surface area contributed by atoms with Crippen LogP contribution in [0.1, 0.15) is 0 Å². The molecule has 100 valence electrons. The molecule has 0 saturated carbocycles. The molecule has 0 aromatic carbocycles. The van der Waals surface area contributed by atoms with E-state index in [9.17, 15) is 9.59 Å². The lowest BCUT2D eigenvalue weighted by Gasteiger charge is -2.08. The number of quaternary nitrogens is 1. The molecule has 0 aliphatic carbocycles. The van der Waals surface area contributed by atoms with E-state index in [1.165, 1.54) is 9.47 Å². The molecule has 0 spiro atoms. The zero-order chi connectivity index (χ0) is 12.6. The summed E-state index contributed by atoms with van der Waals surface area (Å²) in [7, 11) is 5.67. The van der Waals surface area contributed by atoms with E-state index in [0.717, 1.165) is 6.54 Å². The number of aryl methyl sites for hydroxylation is 1. The van der Waals surface area contributed by atoms with Gasteiger partial charge in [0.2, 0.25) is 0 Å². The Morgan fingerprint density at radius 3 is 2.67 bits per heavy atom. The molecule has 0 unspecified atom stereocenters. The Bertz CT molecular complexity index is 654. The molecule has 7 nitrogen and oxygen atoms in total. The van der Waals surface area contributed by atoms with Gasteiger partial charge in [-0.2, -0.15) is 0 Å². The zero-order valence-corrected chi connectivity index (χ0v) is 11.3. The molecule has 2 aromatic rings. The fourth-order valence-corrected chi connectivity index (χ4v) is 1.70. The van der Waals surface area contributed by atoms with Gasteiger partial charge in [0.1, 0.15) is 0 Å². The highest BCUT2D eigenvalue weighted by molar-refractivity contribution is 5.69. The smallest absolute Gasteiger partial charge is 0.329 e. The first kappa shape index (κ1) is 14.5. The lowest BCUT2D eigenvalue weighted by molar-refractivity contribution is -0.858. The van der Waals surface area contributed by atoms with E-state index in [2.05, 4.69) is 9.97 Å². The van der Waals surface area contributed by atoms with Crippen LogP contribution in [-0.2, 0) is 13.6 Å². The van der Waals surface area contributed by atoms with Gasteiger partial charge >= 0.3 is 5.69 Å². The highest BCUT2D eigenvalue weighted by atomic mass is 35.5. The molecule has 2 N–H and O–H groups in total. The summed E-state index contributed by atoms with van der Waals surface area (Å²) >= 11 is 0. The van der Waals surface area contributed by atoms with E-state index in [1.54, 1.807) is 17.9 Å². The molecule has 0 aliphatic heterocycles. The van der Waals surface area contributed by atoms with Gasteiger partial charge in [-0.15, -0.1) is 0 Å². The number of rotatable bonds is 3. The van der Waals surface area contributed by atoms with Crippen molar-refractivity contribution in [1.82, 2.24) is 19.1 Å². The van der Waals surface area contributed by atoms with Crippen LogP contribution in [0.3, 0.4) is 0 Å². The second-order valence-electron chi connectivity index (χ2n) is 4.39.